The summed E-state index contributed by atoms with van der Waals surface area (Å²) in [6, 6.07) is 0. The predicted octanol–water partition coefficient (Wildman–Crippen LogP) is 1.74. The van der Waals surface area contributed by atoms with Crippen LogP contribution in [0.15, 0.2) is 0 Å². The second-order valence-electron chi connectivity index (χ2n) is 3.37. The van der Waals surface area contributed by atoms with Crippen LogP contribution in [0.4, 0.5) is 0 Å². The average molecular weight is 145 g/mol. The van der Waals surface area contributed by atoms with E-state index in [-0.39, 0.29) is 0 Å². The maximum absolute atomic E-state index is 5.74. The van der Waals surface area contributed by atoms with Gasteiger partial charge in [-0.25, -0.2) is 0 Å². The van der Waals surface area contributed by atoms with Gasteiger partial charge in [0, 0.05) is 0 Å². The topological polar surface area (TPSA) is 35.2 Å². The van der Waals surface area contributed by atoms with Crippen molar-refractivity contribution in [3.8, 4) is 0 Å². The number of ether oxygens (including phenoxy) is 1. The van der Waals surface area contributed by atoms with E-state index in [0.29, 0.717) is 5.92 Å². The molecule has 0 amide bonds. The Hall–Kier alpha value is -0.0800. The molecule has 0 aromatic rings. The van der Waals surface area contributed by atoms with Gasteiger partial charge in [0.15, 0.2) is 0 Å². The number of hydrogen-bond acceptors (Lipinski definition) is 2. The molecule has 0 radical (unpaired) electrons. The minimum absolute atomic E-state index is 0.426. The summed E-state index contributed by atoms with van der Waals surface area (Å²) in [5.74, 6) is 0.564. The third kappa shape index (κ3) is 4.77. The first-order valence-electron chi connectivity index (χ1n) is 3.91. The molecule has 0 fully saturated rings. The molecule has 0 spiro atoms. The zero-order valence-electron chi connectivity index (χ0n) is 7.48. The average Bonchev–Trinajstić information content (AvgIpc) is 1.85. The van der Waals surface area contributed by atoms with Crippen molar-refractivity contribution in [3.05, 3.63) is 0 Å². The molecule has 0 heterocycles. The molecular weight excluding hydrogens is 126 g/mol. The first-order chi connectivity index (χ1) is 4.48. The molecule has 0 aliphatic rings. The van der Waals surface area contributed by atoms with Crippen molar-refractivity contribution in [2.24, 2.45) is 11.7 Å². The molecule has 2 nitrogen and oxygen atoms in total. The highest BCUT2D eigenvalue weighted by molar-refractivity contribution is 4.62. The molecule has 0 aliphatic heterocycles. The van der Waals surface area contributed by atoms with Crippen LogP contribution in [0.2, 0.25) is 0 Å². The Labute approximate surface area is 63.7 Å². The normalized spacial score (nSPS) is 17.4. The summed E-state index contributed by atoms with van der Waals surface area (Å²) in [4.78, 5) is 0. The lowest BCUT2D eigenvalue weighted by molar-refractivity contribution is -0.0418. The third-order valence-corrected chi connectivity index (χ3v) is 1.45. The van der Waals surface area contributed by atoms with E-state index in [1.54, 1.807) is 0 Å². The Kier molecular flexibility index (Phi) is 3.91. The van der Waals surface area contributed by atoms with Crippen LogP contribution in [0.3, 0.4) is 0 Å². The summed E-state index contributed by atoms with van der Waals surface area (Å²) in [7, 11) is 0. The second kappa shape index (κ2) is 3.94. The zero-order valence-corrected chi connectivity index (χ0v) is 7.48. The molecule has 1 unspecified atom stereocenters. The van der Waals surface area contributed by atoms with Crippen molar-refractivity contribution in [1.29, 1.82) is 0 Å². The van der Waals surface area contributed by atoms with Gasteiger partial charge < -0.3 is 10.5 Å². The van der Waals surface area contributed by atoms with Crippen molar-refractivity contribution in [3.63, 3.8) is 0 Å². The molecule has 0 rings (SSSR count). The third-order valence-electron chi connectivity index (χ3n) is 1.45. The van der Waals surface area contributed by atoms with E-state index in [1.165, 1.54) is 0 Å². The van der Waals surface area contributed by atoms with Crippen LogP contribution in [-0.4, -0.2) is 12.3 Å². The Morgan fingerprint density at radius 3 is 2.30 bits per heavy atom. The van der Waals surface area contributed by atoms with E-state index in [0.717, 1.165) is 13.0 Å². The highest BCUT2D eigenvalue weighted by Crippen LogP contribution is 2.08. The fourth-order valence-corrected chi connectivity index (χ4v) is 0.459. The standard InChI is InChI=1S/C8H19NO/c1-5-8(4,9)10-6-7(2)3/h7H,5-6,9H2,1-4H3. The van der Waals surface area contributed by atoms with E-state index in [1.807, 2.05) is 13.8 Å². The molecular formula is C8H19NO. The fourth-order valence-electron chi connectivity index (χ4n) is 0.459. The van der Waals surface area contributed by atoms with Crippen molar-refractivity contribution < 1.29 is 4.74 Å². The maximum atomic E-state index is 5.74. The molecule has 0 aromatic heterocycles. The molecule has 0 saturated carbocycles. The minimum atomic E-state index is -0.426. The largest absolute Gasteiger partial charge is 0.361 e. The lowest BCUT2D eigenvalue weighted by atomic mass is 10.2. The van der Waals surface area contributed by atoms with Crippen LogP contribution >= 0.6 is 0 Å². The molecule has 2 heteroatoms. The van der Waals surface area contributed by atoms with Gasteiger partial charge in [0.05, 0.1) is 6.61 Å². The number of hydrogen-bond donors (Lipinski definition) is 1. The van der Waals surface area contributed by atoms with E-state index in [2.05, 4.69) is 13.8 Å². The highest BCUT2D eigenvalue weighted by Gasteiger charge is 2.15. The second-order valence-corrected chi connectivity index (χ2v) is 3.37. The number of nitrogens with two attached hydrogens (primary N) is 1. The fraction of sp³-hybridized carbons (Fsp3) is 1.00. The quantitative estimate of drug-likeness (QED) is 0.612. The van der Waals surface area contributed by atoms with Crippen LogP contribution in [0.25, 0.3) is 0 Å². The van der Waals surface area contributed by atoms with E-state index in [9.17, 15) is 0 Å². The first kappa shape index (κ1) is 9.92. The monoisotopic (exact) mass is 145 g/mol. The summed E-state index contributed by atoms with van der Waals surface area (Å²) in [6.07, 6.45) is 0.861. The number of rotatable bonds is 4. The van der Waals surface area contributed by atoms with Crippen molar-refractivity contribution >= 4 is 0 Å². The molecule has 2 N–H and O–H groups in total. The summed E-state index contributed by atoms with van der Waals surface area (Å²) < 4.78 is 5.42. The zero-order chi connectivity index (χ0) is 8.20. The Balaban J connectivity index is 3.46. The smallest absolute Gasteiger partial charge is 0.113 e. The van der Waals surface area contributed by atoms with Gasteiger partial charge in [0.2, 0.25) is 0 Å². The molecule has 0 saturated heterocycles. The molecule has 1 atom stereocenters. The van der Waals surface area contributed by atoms with Gasteiger partial charge in [-0.05, 0) is 19.3 Å². The van der Waals surface area contributed by atoms with Crippen LogP contribution in [0, 0.1) is 5.92 Å². The van der Waals surface area contributed by atoms with Gasteiger partial charge in [0.1, 0.15) is 5.72 Å². The molecule has 62 valence electrons. The van der Waals surface area contributed by atoms with Crippen molar-refractivity contribution in [2.75, 3.05) is 6.61 Å². The van der Waals surface area contributed by atoms with Crippen LogP contribution < -0.4 is 5.73 Å². The summed E-state index contributed by atoms with van der Waals surface area (Å²) >= 11 is 0. The lowest BCUT2D eigenvalue weighted by Gasteiger charge is -2.24. The van der Waals surface area contributed by atoms with Gasteiger partial charge in [-0.2, -0.15) is 0 Å². The van der Waals surface area contributed by atoms with Gasteiger partial charge in [-0.1, -0.05) is 20.8 Å². The molecule has 0 aromatic carbocycles. The first-order valence-corrected chi connectivity index (χ1v) is 3.91. The molecule has 0 aliphatic carbocycles. The minimum Gasteiger partial charge on any atom is -0.361 e. The van der Waals surface area contributed by atoms with Crippen molar-refractivity contribution in [1.82, 2.24) is 0 Å². The van der Waals surface area contributed by atoms with E-state index < -0.39 is 5.72 Å². The SMILES string of the molecule is CCC(C)(N)OCC(C)C. The Morgan fingerprint density at radius 2 is 2.00 bits per heavy atom. The summed E-state index contributed by atoms with van der Waals surface area (Å²) in [6.45, 7) is 8.92. The molecule has 10 heavy (non-hydrogen) atoms. The Bertz CT molecular complexity index is 89.3. The highest BCUT2D eigenvalue weighted by atomic mass is 16.5. The Morgan fingerprint density at radius 1 is 1.50 bits per heavy atom. The summed E-state index contributed by atoms with van der Waals surface area (Å²) in [5.41, 5.74) is 5.32. The lowest BCUT2D eigenvalue weighted by Crippen LogP contribution is -2.39. The van der Waals surface area contributed by atoms with Gasteiger partial charge in [0.25, 0.3) is 0 Å². The van der Waals surface area contributed by atoms with E-state index >= 15 is 0 Å². The van der Waals surface area contributed by atoms with Crippen molar-refractivity contribution in [2.45, 2.75) is 39.8 Å². The van der Waals surface area contributed by atoms with Crippen LogP contribution in [0.5, 0.6) is 0 Å². The summed E-state index contributed by atoms with van der Waals surface area (Å²) in [5, 5.41) is 0. The van der Waals surface area contributed by atoms with Crippen LogP contribution in [-0.2, 0) is 4.74 Å². The van der Waals surface area contributed by atoms with Gasteiger partial charge in [-0.15, -0.1) is 0 Å². The predicted molar refractivity (Wildman–Crippen MR) is 43.7 cm³/mol. The van der Waals surface area contributed by atoms with Gasteiger partial charge in [-0.3, -0.25) is 0 Å². The molecule has 0 bridgehead atoms. The maximum Gasteiger partial charge on any atom is 0.113 e. The van der Waals surface area contributed by atoms with Crippen LogP contribution in [0.1, 0.15) is 34.1 Å². The van der Waals surface area contributed by atoms with E-state index in [4.69, 9.17) is 10.5 Å². The van der Waals surface area contributed by atoms with Gasteiger partial charge >= 0.3 is 0 Å².